The third-order valence-electron chi connectivity index (χ3n) is 5.27. The number of hydrogen-bond donors (Lipinski definition) is 1. The Kier molecular flexibility index (Phi) is 6.06. The van der Waals surface area contributed by atoms with Crippen molar-refractivity contribution in [3.63, 3.8) is 0 Å². The van der Waals surface area contributed by atoms with Gasteiger partial charge < -0.3 is 10.1 Å². The summed E-state index contributed by atoms with van der Waals surface area (Å²) >= 11 is 0. The number of carbonyl (C=O) groups excluding carboxylic acids is 1. The fraction of sp³-hybridized carbons (Fsp3) is 0.941. The largest absolute Gasteiger partial charge is 0.383 e. The Labute approximate surface area is 129 Å². The van der Waals surface area contributed by atoms with Gasteiger partial charge in [-0.3, -0.25) is 9.69 Å². The molecule has 1 aliphatic heterocycles. The lowest BCUT2D eigenvalue weighted by Gasteiger charge is -2.42. The molecule has 1 aliphatic carbocycles. The quantitative estimate of drug-likeness (QED) is 0.816. The standard InChI is InChI=1S/C17H32N2O2/c1-12(2)15-6-5-13(3)9-16(15)17(20)18-14-10-19(11-14)7-8-21-4/h12-16H,5-11H2,1-4H3,(H,18,20)/t13-,15+,16-/m1/s1. The highest BCUT2D eigenvalue weighted by Crippen LogP contribution is 2.38. The van der Waals surface area contributed by atoms with Crippen molar-refractivity contribution in [3.05, 3.63) is 0 Å². The van der Waals surface area contributed by atoms with Crippen molar-refractivity contribution < 1.29 is 9.53 Å². The van der Waals surface area contributed by atoms with Gasteiger partial charge in [0.2, 0.25) is 5.91 Å². The normalized spacial score (nSPS) is 31.2. The van der Waals surface area contributed by atoms with Crippen LogP contribution in [0.2, 0.25) is 0 Å². The molecule has 21 heavy (non-hydrogen) atoms. The van der Waals surface area contributed by atoms with Crippen LogP contribution >= 0.6 is 0 Å². The molecule has 4 nitrogen and oxygen atoms in total. The number of nitrogens with zero attached hydrogens (tertiary/aromatic N) is 1. The van der Waals surface area contributed by atoms with E-state index in [-0.39, 0.29) is 5.92 Å². The second-order valence-corrected chi connectivity index (χ2v) is 7.39. The molecule has 2 rings (SSSR count). The summed E-state index contributed by atoms with van der Waals surface area (Å²) < 4.78 is 5.08. The summed E-state index contributed by atoms with van der Waals surface area (Å²) in [6.45, 7) is 10.5. The average molecular weight is 296 g/mol. The van der Waals surface area contributed by atoms with E-state index in [2.05, 4.69) is 31.0 Å². The summed E-state index contributed by atoms with van der Waals surface area (Å²) in [4.78, 5) is 15.0. The van der Waals surface area contributed by atoms with E-state index in [1.807, 2.05) is 0 Å². The van der Waals surface area contributed by atoms with Crippen molar-refractivity contribution in [2.75, 3.05) is 33.4 Å². The molecule has 0 aromatic carbocycles. The van der Waals surface area contributed by atoms with Crippen molar-refractivity contribution in [1.29, 1.82) is 0 Å². The molecule has 1 N–H and O–H groups in total. The van der Waals surface area contributed by atoms with Crippen LogP contribution < -0.4 is 5.32 Å². The maximum absolute atomic E-state index is 12.6. The van der Waals surface area contributed by atoms with Crippen molar-refractivity contribution in [2.24, 2.45) is 23.7 Å². The molecular weight excluding hydrogens is 264 g/mol. The van der Waals surface area contributed by atoms with Crippen molar-refractivity contribution in [3.8, 4) is 0 Å². The van der Waals surface area contributed by atoms with Gasteiger partial charge >= 0.3 is 0 Å². The van der Waals surface area contributed by atoms with Crippen LogP contribution in [0.4, 0.5) is 0 Å². The van der Waals surface area contributed by atoms with E-state index in [9.17, 15) is 4.79 Å². The van der Waals surface area contributed by atoms with E-state index in [1.165, 1.54) is 12.8 Å². The molecule has 0 radical (unpaired) electrons. The number of amides is 1. The first-order valence-electron chi connectivity index (χ1n) is 8.53. The van der Waals surface area contributed by atoms with Gasteiger partial charge in [0.15, 0.2) is 0 Å². The van der Waals surface area contributed by atoms with Gasteiger partial charge in [-0.1, -0.05) is 27.2 Å². The Balaban J connectivity index is 1.79. The van der Waals surface area contributed by atoms with E-state index < -0.39 is 0 Å². The van der Waals surface area contributed by atoms with Crippen LogP contribution in [0.5, 0.6) is 0 Å². The van der Waals surface area contributed by atoms with E-state index >= 15 is 0 Å². The van der Waals surface area contributed by atoms with Crippen molar-refractivity contribution in [2.45, 2.75) is 46.1 Å². The molecule has 1 heterocycles. The van der Waals surface area contributed by atoms with E-state index in [0.29, 0.717) is 29.7 Å². The molecule has 122 valence electrons. The zero-order chi connectivity index (χ0) is 15.4. The van der Waals surface area contributed by atoms with Crippen LogP contribution in [0.3, 0.4) is 0 Å². The summed E-state index contributed by atoms with van der Waals surface area (Å²) in [5.74, 6) is 2.38. The van der Waals surface area contributed by atoms with Crippen molar-refractivity contribution in [1.82, 2.24) is 10.2 Å². The van der Waals surface area contributed by atoms with Gasteiger partial charge in [-0.05, 0) is 30.6 Å². The van der Waals surface area contributed by atoms with Crippen LogP contribution in [-0.2, 0) is 9.53 Å². The van der Waals surface area contributed by atoms with Gasteiger partial charge in [0.1, 0.15) is 0 Å². The van der Waals surface area contributed by atoms with Crippen LogP contribution in [0.15, 0.2) is 0 Å². The van der Waals surface area contributed by atoms with Gasteiger partial charge in [0.25, 0.3) is 0 Å². The number of nitrogens with one attached hydrogen (secondary N) is 1. The second-order valence-electron chi connectivity index (χ2n) is 7.39. The summed E-state index contributed by atoms with van der Waals surface area (Å²) in [6, 6.07) is 0.347. The maximum atomic E-state index is 12.6. The number of methoxy groups -OCH3 is 1. The topological polar surface area (TPSA) is 41.6 Å². The summed E-state index contributed by atoms with van der Waals surface area (Å²) in [7, 11) is 1.73. The molecule has 3 atom stereocenters. The Morgan fingerprint density at radius 3 is 2.67 bits per heavy atom. The van der Waals surface area contributed by atoms with Crippen LogP contribution in [0, 0.1) is 23.7 Å². The van der Waals surface area contributed by atoms with E-state index in [1.54, 1.807) is 7.11 Å². The highest BCUT2D eigenvalue weighted by Gasteiger charge is 2.37. The maximum Gasteiger partial charge on any atom is 0.223 e. The molecule has 0 unspecified atom stereocenters. The molecule has 4 heteroatoms. The van der Waals surface area contributed by atoms with Gasteiger partial charge in [-0.15, -0.1) is 0 Å². The zero-order valence-electron chi connectivity index (χ0n) is 14.1. The Morgan fingerprint density at radius 2 is 2.05 bits per heavy atom. The highest BCUT2D eigenvalue weighted by atomic mass is 16.5. The third-order valence-corrected chi connectivity index (χ3v) is 5.27. The van der Waals surface area contributed by atoms with Gasteiger partial charge in [0.05, 0.1) is 12.6 Å². The molecule has 1 amide bonds. The molecule has 0 aromatic heterocycles. The Bertz CT molecular complexity index is 340. The fourth-order valence-corrected chi connectivity index (χ4v) is 3.88. The monoisotopic (exact) mass is 296 g/mol. The fourth-order valence-electron chi connectivity index (χ4n) is 3.88. The molecule has 2 aliphatic rings. The first-order valence-corrected chi connectivity index (χ1v) is 8.53. The molecule has 0 bridgehead atoms. The first-order chi connectivity index (χ1) is 10.0. The van der Waals surface area contributed by atoms with E-state index in [4.69, 9.17) is 4.74 Å². The zero-order valence-corrected chi connectivity index (χ0v) is 14.1. The second kappa shape index (κ2) is 7.59. The molecular formula is C17H32N2O2. The predicted octanol–water partition coefficient (Wildman–Crippen LogP) is 2.14. The Hall–Kier alpha value is -0.610. The minimum Gasteiger partial charge on any atom is -0.383 e. The number of ether oxygens (including phenoxy) is 1. The van der Waals surface area contributed by atoms with Gasteiger partial charge in [0, 0.05) is 32.7 Å². The SMILES string of the molecule is COCCN1CC(NC(=O)[C@@H]2C[C@H](C)CC[C@H]2C(C)C)C1. The molecule has 1 saturated carbocycles. The molecule has 0 spiro atoms. The lowest BCUT2D eigenvalue weighted by atomic mass is 9.69. The molecule has 0 aromatic rings. The highest BCUT2D eigenvalue weighted by molar-refractivity contribution is 5.79. The summed E-state index contributed by atoms with van der Waals surface area (Å²) in [6.07, 6.45) is 3.55. The first kappa shape index (κ1) is 16.8. The van der Waals surface area contributed by atoms with Crippen LogP contribution in [-0.4, -0.2) is 50.2 Å². The van der Waals surface area contributed by atoms with Gasteiger partial charge in [-0.25, -0.2) is 0 Å². The number of rotatable bonds is 6. The Morgan fingerprint density at radius 1 is 1.33 bits per heavy atom. The minimum atomic E-state index is 0.224. The summed E-state index contributed by atoms with van der Waals surface area (Å²) in [5.41, 5.74) is 0. The van der Waals surface area contributed by atoms with Gasteiger partial charge in [-0.2, -0.15) is 0 Å². The number of carbonyl (C=O) groups is 1. The smallest absolute Gasteiger partial charge is 0.223 e. The molecule has 2 fully saturated rings. The van der Waals surface area contributed by atoms with Crippen molar-refractivity contribution >= 4 is 5.91 Å². The van der Waals surface area contributed by atoms with Crippen LogP contribution in [0.25, 0.3) is 0 Å². The minimum absolute atomic E-state index is 0.224. The molecule has 1 saturated heterocycles. The van der Waals surface area contributed by atoms with E-state index in [0.717, 1.165) is 32.7 Å². The number of hydrogen-bond acceptors (Lipinski definition) is 3. The summed E-state index contributed by atoms with van der Waals surface area (Å²) in [5, 5.41) is 3.28. The predicted molar refractivity (Wildman–Crippen MR) is 85.1 cm³/mol. The lowest BCUT2D eigenvalue weighted by molar-refractivity contribution is -0.131. The number of likely N-dealkylation sites (tertiary alicyclic amines) is 1. The average Bonchev–Trinajstić information content (AvgIpc) is 2.40. The third kappa shape index (κ3) is 4.43. The van der Waals surface area contributed by atoms with Crippen LogP contribution in [0.1, 0.15) is 40.0 Å². The lowest BCUT2D eigenvalue weighted by Crippen LogP contribution is -2.61.